The molecular formula is C17H10Cl4O5. The molecule has 5 nitrogen and oxygen atoms in total. The fraction of sp³-hybridized carbons (Fsp3) is 0.118. The molecule has 9 heteroatoms. The van der Waals surface area contributed by atoms with Gasteiger partial charge in [0.1, 0.15) is 0 Å². The Morgan fingerprint density at radius 1 is 0.654 bits per heavy atom. The molecule has 2 aromatic rings. The molecule has 0 aromatic heterocycles. The van der Waals surface area contributed by atoms with Crippen LogP contribution in [0.2, 0.25) is 20.1 Å². The van der Waals surface area contributed by atoms with Gasteiger partial charge < -0.3 is 9.47 Å². The Kier molecular flexibility index (Phi) is 7.29. The first-order chi connectivity index (χ1) is 12.3. The topological polar surface area (TPSA) is 69.7 Å². The molecule has 2 rings (SSSR count). The molecule has 0 radical (unpaired) electrons. The predicted molar refractivity (Wildman–Crippen MR) is 98.5 cm³/mol. The van der Waals surface area contributed by atoms with Crippen LogP contribution in [0.1, 0.15) is 20.7 Å². The quantitative estimate of drug-likeness (QED) is 0.604. The molecule has 0 fully saturated rings. The molecule has 0 amide bonds. The van der Waals surface area contributed by atoms with E-state index < -0.39 is 30.9 Å². The molecule has 26 heavy (non-hydrogen) atoms. The normalized spacial score (nSPS) is 10.3. The lowest BCUT2D eigenvalue weighted by molar-refractivity contribution is -0.125. The van der Waals surface area contributed by atoms with Crippen molar-refractivity contribution in [1.29, 1.82) is 0 Å². The molecule has 0 bridgehead atoms. The molecule has 0 saturated heterocycles. The smallest absolute Gasteiger partial charge is 0.338 e. The zero-order chi connectivity index (χ0) is 19.3. The van der Waals surface area contributed by atoms with E-state index in [0.29, 0.717) is 0 Å². The van der Waals surface area contributed by atoms with E-state index in [1.54, 1.807) is 0 Å². The summed E-state index contributed by atoms with van der Waals surface area (Å²) in [7, 11) is 0. The summed E-state index contributed by atoms with van der Waals surface area (Å²) < 4.78 is 9.68. The Balaban J connectivity index is 1.82. The van der Waals surface area contributed by atoms with Crippen LogP contribution in [0.15, 0.2) is 36.4 Å². The van der Waals surface area contributed by atoms with Crippen molar-refractivity contribution < 1.29 is 23.9 Å². The second-order valence-electron chi connectivity index (χ2n) is 4.95. The maximum atomic E-state index is 11.8. The van der Waals surface area contributed by atoms with E-state index in [-0.39, 0.29) is 31.2 Å². The Morgan fingerprint density at radius 2 is 1.04 bits per heavy atom. The van der Waals surface area contributed by atoms with Gasteiger partial charge in [-0.1, -0.05) is 46.4 Å². The summed E-state index contributed by atoms with van der Waals surface area (Å²) in [6.45, 7) is -1.12. The molecule has 0 saturated carbocycles. The lowest BCUT2D eigenvalue weighted by Crippen LogP contribution is -2.20. The average molecular weight is 436 g/mol. The van der Waals surface area contributed by atoms with Crippen LogP contribution < -0.4 is 0 Å². The number of carbonyl (C=O) groups excluding carboxylic acids is 3. The summed E-state index contributed by atoms with van der Waals surface area (Å²) in [4.78, 5) is 35.4. The van der Waals surface area contributed by atoms with Gasteiger partial charge in [0, 0.05) is 0 Å². The van der Waals surface area contributed by atoms with E-state index in [1.165, 1.54) is 36.4 Å². The summed E-state index contributed by atoms with van der Waals surface area (Å²) >= 11 is 23.1. The highest BCUT2D eigenvalue weighted by molar-refractivity contribution is 6.42. The number of ether oxygens (including phenoxy) is 2. The van der Waals surface area contributed by atoms with E-state index in [9.17, 15) is 14.4 Å². The maximum Gasteiger partial charge on any atom is 0.338 e. The summed E-state index contributed by atoms with van der Waals surface area (Å²) in [6, 6.07) is 8.32. The number of ketones is 1. The minimum absolute atomic E-state index is 0.139. The van der Waals surface area contributed by atoms with Crippen molar-refractivity contribution in [3.63, 3.8) is 0 Å². The first kappa shape index (κ1) is 20.5. The molecule has 0 spiro atoms. The number of esters is 2. The van der Waals surface area contributed by atoms with E-state index in [2.05, 4.69) is 0 Å². The lowest BCUT2D eigenvalue weighted by atomic mass is 10.2. The molecule has 0 aliphatic rings. The van der Waals surface area contributed by atoms with E-state index in [1.807, 2.05) is 0 Å². The molecule has 0 atom stereocenters. The van der Waals surface area contributed by atoms with Crippen LogP contribution in [0.3, 0.4) is 0 Å². The van der Waals surface area contributed by atoms with Gasteiger partial charge in [-0.25, -0.2) is 9.59 Å². The maximum absolute atomic E-state index is 11.8. The van der Waals surface area contributed by atoms with Crippen LogP contribution >= 0.6 is 46.4 Å². The SMILES string of the molecule is O=C(COC(=O)c1ccc(Cl)c(Cl)c1)COC(=O)c1ccc(Cl)c(Cl)c1. The molecule has 0 unspecified atom stereocenters. The number of hydrogen-bond donors (Lipinski definition) is 0. The van der Waals surface area contributed by atoms with Crippen LogP contribution in [0.25, 0.3) is 0 Å². The fourth-order valence-corrected chi connectivity index (χ4v) is 2.34. The van der Waals surface area contributed by atoms with Crippen molar-refractivity contribution in [2.75, 3.05) is 13.2 Å². The minimum Gasteiger partial charge on any atom is -0.454 e. The first-order valence-electron chi connectivity index (χ1n) is 7.04. The number of Topliss-reactive ketones (excluding diaryl/α,β-unsaturated/α-hetero) is 1. The van der Waals surface area contributed by atoms with Gasteiger partial charge in [-0.2, -0.15) is 0 Å². The Morgan fingerprint density at radius 3 is 1.38 bits per heavy atom. The number of rotatable bonds is 6. The summed E-state index contributed by atoms with van der Waals surface area (Å²) in [5.74, 6) is -2.12. The lowest BCUT2D eigenvalue weighted by Gasteiger charge is -2.07. The highest BCUT2D eigenvalue weighted by atomic mass is 35.5. The monoisotopic (exact) mass is 434 g/mol. The van der Waals surface area contributed by atoms with Crippen molar-refractivity contribution in [1.82, 2.24) is 0 Å². The molecule has 136 valence electrons. The second-order valence-corrected chi connectivity index (χ2v) is 6.58. The van der Waals surface area contributed by atoms with Gasteiger partial charge in [-0.3, -0.25) is 4.79 Å². The summed E-state index contributed by atoms with van der Waals surface area (Å²) in [5, 5.41) is 0.938. The minimum atomic E-state index is -0.757. The van der Waals surface area contributed by atoms with Crippen molar-refractivity contribution >= 4 is 64.1 Å². The highest BCUT2D eigenvalue weighted by Crippen LogP contribution is 2.23. The van der Waals surface area contributed by atoms with Crippen LogP contribution in [-0.4, -0.2) is 30.9 Å². The molecule has 0 N–H and O–H groups in total. The molecule has 0 heterocycles. The predicted octanol–water partition coefficient (Wildman–Crippen LogP) is 4.88. The van der Waals surface area contributed by atoms with Crippen LogP contribution in [-0.2, 0) is 14.3 Å². The van der Waals surface area contributed by atoms with Gasteiger partial charge in [-0.15, -0.1) is 0 Å². The number of benzene rings is 2. The van der Waals surface area contributed by atoms with Gasteiger partial charge in [-0.05, 0) is 36.4 Å². The van der Waals surface area contributed by atoms with Gasteiger partial charge in [0.15, 0.2) is 13.2 Å². The van der Waals surface area contributed by atoms with E-state index in [0.717, 1.165) is 0 Å². The zero-order valence-electron chi connectivity index (χ0n) is 12.9. The summed E-state index contributed by atoms with van der Waals surface area (Å²) in [6.07, 6.45) is 0. The van der Waals surface area contributed by atoms with Crippen molar-refractivity contribution in [3.05, 3.63) is 67.6 Å². The third kappa shape index (κ3) is 5.61. The van der Waals surface area contributed by atoms with E-state index >= 15 is 0 Å². The van der Waals surface area contributed by atoms with E-state index in [4.69, 9.17) is 55.9 Å². The average Bonchev–Trinajstić information content (AvgIpc) is 2.62. The molecular weight excluding hydrogens is 426 g/mol. The number of carbonyl (C=O) groups is 3. The number of hydrogen-bond acceptors (Lipinski definition) is 5. The molecule has 0 aliphatic heterocycles. The largest absolute Gasteiger partial charge is 0.454 e. The fourth-order valence-electron chi connectivity index (χ4n) is 1.75. The van der Waals surface area contributed by atoms with Gasteiger partial charge in [0.2, 0.25) is 5.78 Å². The third-order valence-corrected chi connectivity index (χ3v) is 4.52. The highest BCUT2D eigenvalue weighted by Gasteiger charge is 2.15. The Labute approximate surface area is 168 Å². The Hall–Kier alpha value is -1.79. The van der Waals surface area contributed by atoms with Crippen molar-refractivity contribution in [3.8, 4) is 0 Å². The standard InChI is InChI=1S/C17H10Cl4O5/c18-12-3-1-9(5-14(12)20)16(23)25-7-11(22)8-26-17(24)10-2-4-13(19)15(21)6-10/h1-6H,7-8H2. The zero-order valence-corrected chi connectivity index (χ0v) is 16.0. The van der Waals surface area contributed by atoms with Crippen molar-refractivity contribution in [2.45, 2.75) is 0 Å². The van der Waals surface area contributed by atoms with Gasteiger partial charge in [0.25, 0.3) is 0 Å². The van der Waals surface area contributed by atoms with Crippen LogP contribution in [0.4, 0.5) is 0 Å². The van der Waals surface area contributed by atoms with Crippen LogP contribution in [0, 0.1) is 0 Å². The van der Waals surface area contributed by atoms with Crippen molar-refractivity contribution in [2.24, 2.45) is 0 Å². The first-order valence-corrected chi connectivity index (χ1v) is 8.55. The molecule has 0 aliphatic carbocycles. The third-order valence-electron chi connectivity index (χ3n) is 3.04. The summed E-state index contributed by atoms with van der Waals surface area (Å²) in [5.41, 5.74) is 0.278. The van der Waals surface area contributed by atoms with Crippen LogP contribution in [0.5, 0.6) is 0 Å². The second kappa shape index (κ2) is 9.24. The number of halogens is 4. The van der Waals surface area contributed by atoms with Gasteiger partial charge >= 0.3 is 11.9 Å². The van der Waals surface area contributed by atoms with Gasteiger partial charge in [0.05, 0.1) is 31.2 Å². The molecule has 2 aromatic carbocycles. The Bertz CT molecular complexity index is 797.